The number of H-pyrrole nitrogens is 1. The van der Waals surface area contributed by atoms with Crippen molar-refractivity contribution in [2.24, 2.45) is 10.4 Å². The largest absolute Gasteiger partial charge is 0.296 e. The molecule has 11 heteroatoms. The summed E-state index contributed by atoms with van der Waals surface area (Å²) in [6, 6.07) is 15.0. The molecule has 0 aliphatic rings. The lowest BCUT2D eigenvalue weighted by atomic mass is 10.0. The molecule has 4 aromatic rings. The molecule has 0 aliphatic heterocycles. The van der Waals surface area contributed by atoms with Crippen LogP contribution in [0.3, 0.4) is 0 Å². The number of aromatic amines is 1. The first-order chi connectivity index (χ1) is 15.1. The molecule has 2 aromatic heterocycles. The van der Waals surface area contributed by atoms with Crippen molar-refractivity contribution in [3.8, 4) is 22.5 Å². The van der Waals surface area contributed by atoms with Gasteiger partial charge >= 0.3 is 0 Å². The van der Waals surface area contributed by atoms with Crippen LogP contribution < -0.4 is 0 Å². The maximum atomic E-state index is 11.2. The summed E-state index contributed by atoms with van der Waals surface area (Å²) < 4.78 is 1.81. The molecule has 0 radical (unpaired) electrons. The fourth-order valence-corrected chi connectivity index (χ4v) is 3.50. The molecule has 0 saturated heterocycles. The monoisotopic (exact) mass is 433 g/mol. The number of rotatable bonds is 8. The van der Waals surface area contributed by atoms with Crippen molar-refractivity contribution in [1.82, 2.24) is 25.0 Å². The number of amides is 1. The number of thioether (sulfide) groups is 1. The minimum atomic E-state index is -0.793. The topological polar surface area (TPSA) is 135 Å². The van der Waals surface area contributed by atoms with E-state index in [1.807, 2.05) is 47.3 Å². The van der Waals surface area contributed by atoms with E-state index in [1.165, 1.54) is 0 Å². The molecule has 0 unspecified atom stereocenters. The van der Waals surface area contributed by atoms with Crippen molar-refractivity contribution < 1.29 is 4.79 Å². The van der Waals surface area contributed by atoms with Gasteiger partial charge in [0.2, 0.25) is 5.16 Å². The van der Waals surface area contributed by atoms with Crippen LogP contribution in [0.2, 0.25) is 0 Å². The average Bonchev–Trinajstić information content (AvgIpc) is 3.48. The minimum absolute atomic E-state index is 0.150. The first kappa shape index (κ1) is 20.3. The Hall–Kier alpha value is -3.99. The van der Waals surface area contributed by atoms with E-state index >= 15 is 0 Å². The zero-order valence-corrected chi connectivity index (χ0v) is 16.8. The van der Waals surface area contributed by atoms with Crippen LogP contribution in [0.5, 0.6) is 0 Å². The van der Waals surface area contributed by atoms with Gasteiger partial charge in [-0.05, 0) is 34.5 Å². The van der Waals surface area contributed by atoms with Crippen molar-refractivity contribution in [3.63, 3.8) is 0 Å². The fourth-order valence-electron chi connectivity index (χ4n) is 2.93. The Morgan fingerprint density at radius 1 is 1.06 bits per heavy atom. The van der Waals surface area contributed by atoms with Crippen molar-refractivity contribution >= 4 is 23.4 Å². The van der Waals surface area contributed by atoms with Gasteiger partial charge in [-0.15, -0.1) is 14.9 Å². The van der Waals surface area contributed by atoms with E-state index in [2.05, 4.69) is 30.6 Å². The van der Waals surface area contributed by atoms with Gasteiger partial charge in [-0.2, -0.15) is 5.10 Å². The van der Waals surface area contributed by atoms with Gasteiger partial charge < -0.3 is 0 Å². The van der Waals surface area contributed by atoms with Crippen LogP contribution >= 0.6 is 11.8 Å². The summed E-state index contributed by atoms with van der Waals surface area (Å²) in [7, 11) is 0. The average molecular weight is 433 g/mol. The summed E-state index contributed by atoms with van der Waals surface area (Å²) >= 11 is 0.988. The first-order valence-electron chi connectivity index (χ1n) is 9.11. The van der Waals surface area contributed by atoms with Gasteiger partial charge in [0.25, 0.3) is 5.91 Å². The SMILES string of the molecule is O=NC(=O)CSc1n[nH]c(-c2cc(N=O)cc(-c3cnn(Cc4ccccc4)c3)c2)n1. The molecule has 0 atom stereocenters. The predicted molar refractivity (Wildman–Crippen MR) is 116 cm³/mol. The molecule has 1 amide bonds. The highest BCUT2D eigenvalue weighted by atomic mass is 32.2. The second kappa shape index (κ2) is 9.22. The van der Waals surface area contributed by atoms with Gasteiger partial charge in [-0.25, -0.2) is 4.98 Å². The third kappa shape index (κ3) is 4.95. The maximum Gasteiger partial charge on any atom is 0.296 e. The van der Waals surface area contributed by atoms with Crippen LogP contribution in [-0.2, 0) is 11.3 Å². The summed E-state index contributed by atoms with van der Waals surface area (Å²) in [6.07, 6.45) is 3.61. The van der Waals surface area contributed by atoms with Crippen LogP contribution in [0, 0.1) is 9.81 Å². The molecule has 0 spiro atoms. The molecule has 1 N–H and O–H groups in total. The van der Waals surface area contributed by atoms with Gasteiger partial charge in [0.1, 0.15) is 5.69 Å². The quantitative estimate of drug-likeness (QED) is 0.325. The molecule has 4 rings (SSSR count). The maximum absolute atomic E-state index is 11.2. The molecule has 0 fully saturated rings. The van der Waals surface area contributed by atoms with E-state index in [1.54, 1.807) is 18.3 Å². The van der Waals surface area contributed by atoms with Crippen LogP contribution in [0.15, 0.2) is 76.4 Å². The van der Waals surface area contributed by atoms with Crippen molar-refractivity contribution in [3.05, 3.63) is 76.3 Å². The van der Waals surface area contributed by atoms with Crippen molar-refractivity contribution in [2.45, 2.75) is 11.7 Å². The van der Waals surface area contributed by atoms with E-state index in [0.29, 0.717) is 17.9 Å². The van der Waals surface area contributed by atoms with Gasteiger partial charge in [-0.1, -0.05) is 42.1 Å². The van der Waals surface area contributed by atoms with E-state index in [9.17, 15) is 14.6 Å². The Morgan fingerprint density at radius 3 is 2.65 bits per heavy atom. The molecule has 2 aromatic carbocycles. The Labute approximate surface area is 180 Å². The number of benzene rings is 2. The summed E-state index contributed by atoms with van der Waals surface area (Å²) in [6.45, 7) is 0.621. The Bertz CT molecular complexity index is 1240. The molecular weight excluding hydrogens is 418 g/mol. The second-order valence-electron chi connectivity index (χ2n) is 6.51. The number of aromatic nitrogens is 5. The van der Waals surface area contributed by atoms with Gasteiger partial charge in [0.05, 0.1) is 18.5 Å². The molecule has 0 saturated carbocycles. The number of nitroso groups, excluding NO2 is 2. The van der Waals surface area contributed by atoms with Gasteiger partial charge in [0, 0.05) is 22.5 Å². The standard InChI is InChI=1S/C20H15N7O3S/c28-18(26-30)12-31-20-22-19(23-24-20)15-6-14(7-17(8-15)25-29)16-9-21-27(11-16)10-13-4-2-1-3-5-13/h1-9,11H,10,12H2,(H,22,23,24). The minimum Gasteiger partial charge on any atom is -0.268 e. The van der Waals surface area contributed by atoms with Gasteiger partial charge in [-0.3, -0.25) is 14.6 Å². The van der Waals surface area contributed by atoms with E-state index in [4.69, 9.17) is 0 Å². The Kier molecular flexibility index (Phi) is 6.03. The summed E-state index contributed by atoms with van der Waals surface area (Å²) in [5.41, 5.74) is 3.52. The smallest absolute Gasteiger partial charge is 0.268 e. The van der Waals surface area contributed by atoms with Crippen LogP contribution in [-0.4, -0.2) is 36.6 Å². The lowest BCUT2D eigenvalue weighted by Crippen LogP contribution is -1.99. The van der Waals surface area contributed by atoms with Crippen molar-refractivity contribution in [1.29, 1.82) is 0 Å². The molecule has 2 heterocycles. The van der Waals surface area contributed by atoms with Gasteiger partial charge in [0.15, 0.2) is 5.82 Å². The number of hydrogen-bond donors (Lipinski definition) is 1. The number of carbonyl (C=O) groups excluding carboxylic acids is 1. The fraction of sp³-hybridized carbons (Fsp3) is 0.100. The number of carbonyl (C=O) groups is 1. The highest BCUT2D eigenvalue weighted by Gasteiger charge is 2.13. The zero-order chi connectivity index (χ0) is 21.6. The zero-order valence-electron chi connectivity index (χ0n) is 16.0. The Morgan fingerprint density at radius 2 is 1.87 bits per heavy atom. The van der Waals surface area contributed by atoms with Crippen molar-refractivity contribution in [2.75, 3.05) is 5.75 Å². The molecule has 0 aliphatic carbocycles. The lowest BCUT2D eigenvalue weighted by molar-refractivity contribution is -0.115. The van der Waals surface area contributed by atoms with Crippen LogP contribution in [0.1, 0.15) is 5.56 Å². The van der Waals surface area contributed by atoms with E-state index in [-0.39, 0.29) is 16.6 Å². The number of hydrogen-bond acceptors (Lipinski definition) is 8. The van der Waals surface area contributed by atoms with Crippen LogP contribution in [0.4, 0.5) is 5.69 Å². The molecule has 31 heavy (non-hydrogen) atoms. The Balaban J connectivity index is 1.58. The molecule has 0 bridgehead atoms. The van der Waals surface area contributed by atoms with E-state index in [0.717, 1.165) is 28.5 Å². The highest BCUT2D eigenvalue weighted by Crippen LogP contribution is 2.31. The normalized spacial score (nSPS) is 10.7. The summed E-state index contributed by atoms with van der Waals surface area (Å²) in [5.74, 6) is -0.543. The van der Waals surface area contributed by atoms with E-state index < -0.39 is 5.91 Å². The first-order valence-corrected chi connectivity index (χ1v) is 10.1. The summed E-state index contributed by atoms with van der Waals surface area (Å²) in [5, 5.41) is 16.9. The molecular formula is C20H15N7O3S. The highest BCUT2D eigenvalue weighted by molar-refractivity contribution is 7.99. The third-order valence-electron chi connectivity index (χ3n) is 4.34. The second-order valence-corrected chi connectivity index (χ2v) is 7.45. The summed E-state index contributed by atoms with van der Waals surface area (Å²) in [4.78, 5) is 36.8. The third-order valence-corrected chi connectivity index (χ3v) is 5.17. The molecule has 10 nitrogen and oxygen atoms in total. The number of nitrogens with zero attached hydrogens (tertiary/aromatic N) is 6. The molecule has 154 valence electrons. The van der Waals surface area contributed by atoms with Crippen LogP contribution in [0.25, 0.3) is 22.5 Å². The predicted octanol–water partition coefficient (Wildman–Crippen LogP) is 4.17. The lowest BCUT2D eigenvalue weighted by Gasteiger charge is -2.03. The number of nitrogens with one attached hydrogen (secondary N) is 1.